The van der Waals surface area contributed by atoms with Gasteiger partial charge in [0.05, 0.1) is 32.9 Å². The molecule has 0 saturated carbocycles. The van der Waals surface area contributed by atoms with Gasteiger partial charge in [-0.15, -0.1) is 0 Å². The smallest absolute Gasteiger partial charge is 0.275 e. The summed E-state index contributed by atoms with van der Waals surface area (Å²) in [6.45, 7) is 5.37. The van der Waals surface area contributed by atoms with E-state index in [0.29, 0.717) is 11.0 Å². The van der Waals surface area contributed by atoms with Gasteiger partial charge in [-0.1, -0.05) is 11.6 Å². The van der Waals surface area contributed by atoms with Crippen molar-refractivity contribution in [2.75, 3.05) is 4.72 Å². The maximum atomic E-state index is 12.6. The number of hydrogen-bond donors (Lipinski definition) is 1. The van der Waals surface area contributed by atoms with Gasteiger partial charge in [-0.05, 0) is 32.9 Å². The average molecular weight is 410 g/mol. The maximum Gasteiger partial charge on any atom is 0.275 e. The van der Waals surface area contributed by atoms with E-state index in [1.54, 1.807) is 16.9 Å². The lowest BCUT2D eigenvalue weighted by molar-refractivity contribution is -0.385. The summed E-state index contributed by atoms with van der Waals surface area (Å²) in [4.78, 5) is 14.4. The van der Waals surface area contributed by atoms with Crippen molar-refractivity contribution in [1.82, 2.24) is 14.8 Å². The number of sulfonamides is 1. The fourth-order valence-corrected chi connectivity index (χ4v) is 3.93. The fourth-order valence-electron chi connectivity index (χ4n) is 2.57. The number of aromatic nitrogens is 3. The Morgan fingerprint density at radius 2 is 1.96 bits per heavy atom. The minimum atomic E-state index is -4.09. The van der Waals surface area contributed by atoms with Crippen LogP contribution in [-0.2, 0) is 10.0 Å². The van der Waals surface area contributed by atoms with E-state index in [1.807, 2.05) is 13.8 Å². The second-order valence-corrected chi connectivity index (χ2v) is 8.32. The van der Waals surface area contributed by atoms with Crippen LogP contribution >= 0.6 is 11.6 Å². The van der Waals surface area contributed by atoms with E-state index in [9.17, 15) is 18.5 Å². The average Bonchev–Trinajstić information content (AvgIpc) is 2.99. The van der Waals surface area contributed by atoms with Crippen LogP contribution in [0.25, 0.3) is 11.0 Å². The molecule has 0 radical (unpaired) electrons. The lowest BCUT2D eigenvalue weighted by Crippen LogP contribution is -2.14. The Kier molecular flexibility index (Phi) is 4.79. The second kappa shape index (κ2) is 6.78. The lowest BCUT2D eigenvalue weighted by atomic mass is 10.2. The van der Waals surface area contributed by atoms with Crippen molar-refractivity contribution in [2.24, 2.45) is 0 Å². The van der Waals surface area contributed by atoms with Crippen molar-refractivity contribution >= 4 is 44.0 Å². The second-order valence-electron chi connectivity index (χ2n) is 6.23. The minimum absolute atomic E-state index is 0.00337. The van der Waals surface area contributed by atoms with E-state index < -0.39 is 14.9 Å². The van der Waals surface area contributed by atoms with Gasteiger partial charge in [0.15, 0.2) is 5.65 Å². The molecule has 1 aromatic carbocycles. The van der Waals surface area contributed by atoms with Crippen molar-refractivity contribution in [3.05, 3.63) is 51.3 Å². The largest absolute Gasteiger partial charge is 0.278 e. The number of nitro groups is 1. The van der Waals surface area contributed by atoms with Gasteiger partial charge in [-0.25, -0.2) is 18.1 Å². The van der Waals surface area contributed by atoms with Crippen LogP contribution in [0.2, 0.25) is 5.02 Å². The van der Waals surface area contributed by atoms with Crippen LogP contribution in [0.1, 0.15) is 25.5 Å². The first-order chi connectivity index (χ1) is 12.6. The monoisotopic (exact) mass is 409 g/mol. The number of nitrogens with one attached hydrogen (secondary N) is 1. The normalized spacial score (nSPS) is 11.9. The molecule has 0 bridgehead atoms. The molecule has 0 saturated heterocycles. The molecular weight excluding hydrogens is 394 g/mol. The SMILES string of the molecule is Cc1c(Cl)cc(S(=O)(=O)Nc2cnc3c(cnn3C(C)C)c2)cc1[N+](=O)[O-]. The zero-order chi connectivity index (χ0) is 19.9. The van der Waals surface area contributed by atoms with E-state index in [4.69, 9.17) is 11.6 Å². The highest BCUT2D eigenvalue weighted by atomic mass is 35.5. The molecule has 142 valence electrons. The van der Waals surface area contributed by atoms with E-state index >= 15 is 0 Å². The van der Waals surface area contributed by atoms with E-state index in [1.165, 1.54) is 19.2 Å². The highest BCUT2D eigenvalue weighted by Gasteiger charge is 2.23. The summed E-state index contributed by atoms with van der Waals surface area (Å²) in [5.41, 5.74) is 0.673. The molecule has 1 N–H and O–H groups in total. The summed E-state index contributed by atoms with van der Waals surface area (Å²) in [5, 5.41) is 16.0. The standard InChI is InChI=1S/C16H16ClN5O4S/c1-9(2)21-16-11(7-19-21)4-12(8-18-16)20-27(25,26)13-5-14(17)10(3)15(6-13)22(23)24/h4-9,20H,1-3H3. The van der Waals surface area contributed by atoms with Gasteiger partial charge >= 0.3 is 0 Å². The number of nitro benzene ring substituents is 1. The van der Waals surface area contributed by atoms with Gasteiger partial charge in [0.2, 0.25) is 0 Å². The first-order valence-corrected chi connectivity index (χ1v) is 9.77. The molecule has 9 nitrogen and oxygen atoms in total. The molecule has 0 aliphatic carbocycles. The Morgan fingerprint density at radius 1 is 1.26 bits per heavy atom. The molecule has 0 amide bonds. The van der Waals surface area contributed by atoms with Gasteiger partial charge < -0.3 is 0 Å². The first-order valence-electron chi connectivity index (χ1n) is 7.91. The van der Waals surface area contributed by atoms with E-state index in [2.05, 4.69) is 14.8 Å². The van der Waals surface area contributed by atoms with Crippen molar-refractivity contribution in [3.8, 4) is 0 Å². The molecule has 3 aromatic rings. The van der Waals surface area contributed by atoms with Crippen LogP contribution in [0.15, 0.2) is 35.5 Å². The third-order valence-corrected chi connectivity index (χ3v) is 5.73. The van der Waals surface area contributed by atoms with Gasteiger partial charge in [-0.2, -0.15) is 5.10 Å². The van der Waals surface area contributed by atoms with Crippen LogP contribution in [0.5, 0.6) is 0 Å². The molecule has 0 aliphatic rings. The first kappa shape index (κ1) is 19.1. The number of halogens is 1. The summed E-state index contributed by atoms with van der Waals surface area (Å²) in [5.74, 6) is 0. The van der Waals surface area contributed by atoms with E-state index in [-0.39, 0.29) is 32.9 Å². The van der Waals surface area contributed by atoms with Crippen LogP contribution in [0, 0.1) is 17.0 Å². The zero-order valence-corrected chi connectivity index (χ0v) is 16.2. The molecule has 0 fully saturated rings. The number of pyridine rings is 1. The van der Waals surface area contributed by atoms with Crippen LogP contribution in [0.3, 0.4) is 0 Å². The third kappa shape index (κ3) is 3.58. The van der Waals surface area contributed by atoms with Crippen LogP contribution < -0.4 is 4.72 Å². The summed E-state index contributed by atoms with van der Waals surface area (Å²) < 4.78 is 29.4. The zero-order valence-electron chi connectivity index (χ0n) is 14.7. The Balaban J connectivity index is 2.00. The van der Waals surface area contributed by atoms with Crippen molar-refractivity contribution < 1.29 is 13.3 Å². The Hall–Kier alpha value is -2.72. The Labute approximate surface area is 160 Å². The summed E-state index contributed by atoms with van der Waals surface area (Å²) in [7, 11) is -4.09. The lowest BCUT2D eigenvalue weighted by Gasteiger charge is -2.10. The molecule has 2 heterocycles. The molecule has 0 aliphatic heterocycles. The number of benzene rings is 1. The fraction of sp³-hybridized carbons (Fsp3) is 0.250. The highest BCUT2D eigenvalue weighted by molar-refractivity contribution is 7.92. The predicted octanol–water partition coefficient (Wildman–Crippen LogP) is 3.68. The topological polar surface area (TPSA) is 120 Å². The van der Waals surface area contributed by atoms with Crippen LogP contribution in [-0.4, -0.2) is 28.1 Å². The molecule has 0 spiro atoms. The number of hydrogen-bond acceptors (Lipinski definition) is 6. The number of nitrogens with zero attached hydrogens (tertiary/aromatic N) is 4. The third-order valence-electron chi connectivity index (χ3n) is 3.97. The van der Waals surface area contributed by atoms with Gasteiger partial charge in [0, 0.05) is 23.1 Å². The molecular formula is C16H16ClN5O4S. The molecule has 3 rings (SSSR count). The summed E-state index contributed by atoms with van der Waals surface area (Å²) >= 11 is 5.96. The highest BCUT2D eigenvalue weighted by Crippen LogP contribution is 2.30. The summed E-state index contributed by atoms with van der Waals surface area (Å²) in [6.07, 6.45) is 2.96. The molecule has 11 heteroatoms. The van der Waals surface area contributed by atoms with Crippen molar-refractivity contribution in [3.63, 3.8) is 0 Å². The molecule has 27 heavy (non-hydrogen) atoms. The quantitative estimate of drug-likeness (QED) is 0.506. The molecule has 0 unspecified atom stereocenters. The summed E-state index contributed by atoms with van der Waals surface area (Å²) in [6, 6.07) is 3.85. The van der Waals surface area contributed by atoms with Gasteiger partial charge in [-0.3, -0.25) is 14.8 Å². The number of fused-ring (bicyclic) bond motifs is 1. The van der Waals surface area contributed by atoms with Crippen LogP contribution in [0.4, 0.5) is 11.4 Å². The molecule has 0 atom stereocenters. The predicted molar refractivity (Wildman–Crippen MR) is 102 cm³/mol. The van der Waals surface area contributed by atoms with E-state index in [0.717, 1.165) is 6.07 Å². The van der Waals surface area contributed by atoms with Gasteiger partial charge in [0.25, 0.3) is 15.7 Å². The van der Waals surface area contributed by atoms with Crippen molar-refractivity contribution in [2.45, 2.75) is 31.7 Å². The molecule has 2 aromatic heterocycles. The van der Waals surface area contributed by atoms with Gasteiger partial charge in [0.1, 0.15) is 0 Å². The maximum absolute atomic E-state index is 12.6. The Morgan fingerprint density at radius 3 is 2.59 bits per heavy atom. The minimum Gasteiger partial charge on any atom is -0.278 e. The van der Waals surface area contributed by atoms with Crippen molar-refractivity contribution in [1.29, 1.82) is 0 Å². The number of rotatable bonds is 5. The Bertz CT molecular complexity index is 1160. The number of anilines is 1.